The fourth-order valence-electron chi connectivity index (χ4n) is 2.69. The maximum atomic E-state index is 13.1. The van der Waals surface area contributed by atoms with E-state index in [1.165, 1.54) is 12.1 Å². The minimum atomic E-state index is -0.308. The predicted octanol–water partition coefficient (Wildman–Crippen LogP) is 2.92. The Kier molecular flexibility index (Phi) is 12.2. The van der Waals surface area contributed by atoms with E-state index in [4.69, 9.17) is 16.3 Å². The number of aliphatic imine (C=N–C) groups is 1. The molecule has 2 rings (SSSR count). The first-order valence-corrected chi connectivity index (χ1v) is 9.33. The number of morpholine rings is 1. The van der Waals surface area contributed by atoms with Crippen molar-refractivity contribution in [1.82, 2.24) is 15.5 Å². The second-order valence-corrected chi connectivity index (χ2v) is 6.39. The Labute approximate surface area is 177 Å². The van der Waals surface area contributed by atoms with Gasteiger partial charge in [0.15, 0.2) is 5.96 Å². The van der Waals surface area contributed by atoms with Crippen LogP contribution in [-0.4, -0.2) is 63.3 Å². The third kappa shape index (κ3) is 8.83. The molecule has 1 fully saturated rings. The Morgan fingerprint density at radius 3 is 2.77 bits per heavy atom. The molecule has 5 nitrogen and oxygen atoms in total. The van der Waals surface area contributed by atoms with Gasteiger partial charge in [0.05, 0.1) is 13.2 Å². The highest BCUT2D eigenvalue weighted by molar-refractivity contribution is 14.0. The molecule has 148 valence electrons. The largest absolute Gasteiger partial charge is 0.379 e. The van der Waals surface area contributed by atoms with Crippen LogP contribution < -0.4 is 10.6 Å². The van der Waals surface area contributed by atoms with E-state index in [9.17, 15) is 4.39 Å². The van der Waals surface area contributed by atoms with Gasteiger partial charge in [-0.05, 0) is 37.5 Å². The summed E-state index contributed by atoms with van der Waals surface area (Å²) >= 11 is 6.06. The SMILES string of the molecule is CCNC(=NCCCN1CCOCC1)NCCc1ccc(F)cc1Cl.I. The fourth-order valence-corrected chi connectivity index (χ4v) is 2.95. The van der Waals surface area contributed by atoms with Crippen LogP contribution in [0.1, 0.15) is 18.9 Å². The highest BCUT2D eigenvalue weighted by Gasteiger charge is 2.09. The molecule has 0 radical (unpaired) electrons. The van der Waals surface area contributed by atoms with Crippen LogP contribution in [0, 0.1) is 5.82 Å². The predicted molar refractivity (Wildman–Crippen MR) is 116 cm³/mol. The first kappa shape index (κ1) is 23.4. The van der Waals surface area contributed by atoms with Crippen LogP contribution in [0.2, 0.25) is 5.02 Å². The van der Waals surface area contributed by atoms with Crippen molar-refractivity contribution in [3.63, 3.8) is 0 Å². The zero-order valence-electron chi connectivity index (χ0n) is 15.3. The Balaban J connectivity index is 0.00000338. The van der Waals surface area contributed by atoms with Crippen LogP contribution in [0.5, 0.6) is 0 Å². The Morgan fingerprint density at radius 2 is 2.08 bits per heavy atom. The van der Waals surface area contributed by atoms with E-state index >= 15 is 0 Å². The van der Waals surface area contributed by atoms with Crippen molar-refractivity contribution in [2.24, 2.45) is 4.99 Å². The van der Waals surface area contributed by atoms with Crippen molar-refractivity contribution in [3.05, 3.63) is 34.6 Å². The molecule has 0 aromatic heterocycles. The number of hydrogen-bond acceptors (Lipinski definition) is 3. The third-order valence-corrected chi connectivity index (χ3v) is 4.40. The molecule has 0 unspecified atom stereocenters. The molecule has 0 bridgehead atoms. The van der Waals surface area contributed by atoms with E-state index in [2.05, 4.69) is 20.5 Å². The molecule has 0 saturated carbocycles. The highest BCUT2D eigenvalue weighted by Crippen LogP contribution is 2.17. The zero-order chi connectivity index (χ0) is 17.9. The minimum Gasteiger partial charge on any atom is -0.379 e. The standard InChI is InChI=1S/C18H28ClFN4O.HI/c1-2-21-18(22-7-3-9-24-10-12-25-13-11-24)23-8-6-15-4-5-16(20)14-17(15)19;/h4-5,14H,2-3,6-13H2,1H3,(H2,21,22,23);1H. The summed E-state index contributed by atoms with van der Waals surface area (Å²) in [6.07, 6.45) is 1.75. The topological polar surface area (TPSA) is 48.9 Å². The number of hydrogen-bond donors (Lipinski definition) is 2. The lowest BCUT2D eigenvalue weighted by atomic mass is 10.1. The summed E-state index contributed by atoms with van der Waals surface area (Å²) in [7, 11) is 0. The van der Waals surface area contributed by atoms with Crippen LogP contribution in [-0.2, 0) is 11.2 Å². The number of rotatable bonds is 8. The summed E-state index contributed by atoms with van der Waals surface area (Å²) in [5, 5.41) is 7.01. The first-order chi connectivity index (χ1) is 12.2. The van der Waals surface area contributed by atoms with Gasteiger partial charge in [-0.15, -0.1) is 24.0 Å². The number of nitrogens with zero attached hydrogens (tertiary/aromatic N) is 2. The number of guanidine groups is 1. The van der Waals surface area contributed by atoms with E-state index < -0.39 is 0 Å². The fraction of sp³-hybridized carbons (Fsp3) is 0.611. The molecule has 1 saturated heterocycles. The van der Waals surface area contributed by atoms with Crippen LogP contribution >= 0.6 is 35.6 Å². The Bertz CT molecular complexity index is 556. The molecule has 0 spiro atoms. The minimum absolute atomic E-state index is 0. The van der Waals surface area contributed by atoms with Gasteiger partial charge in [0.25, 0.3) is 0 Å². The van der Waals surface area contributed by atoms with Gasteiger partial charge in [0, 0.05) is 44.3 Å². The van der Waals surface area contributed by atoms with Gasteiger partial charge < -0.3 is 15.4 Å². The number of halogens is 3. The van der Waals surface area contributed by atoms with Crippen LogP contribution in [0.15, 0.2) is 23.2 Å². The molecule has 1 heterocycles. The molecule has 0 aliphatic carbocycles. The van der Waals surface area contributed by atoms with Gasteiger partial charge in [-0.1, -0.05) is 17.7 Å². The lowest BCUT2D eigenvalue weighted by molar-refractivity contribution is 0.0377. The molecular weight excluding hydrogens is 470 g/mol. The van der Waals surface area contributed by atoms with Gasteiger partial charge in [-0.25, -0.2) is 4.39 Å². The average Bonchev–Trinajstić information content (AvgIpc) is 2.61. The number of benzene rings is 1. The van der Waals surface area contributed by atoms with Crippen LogP contribution in [0.25, 0.3) is 0 Å². The van der Waals surface area contributed by atoms with Crippen molar-refractivity contribution in [2.45, 2.75) is 19.8 Å². The highest BCUT2D eigenvalue weighted by atomic mass is 127. The number of ether oxygens (including phenoxy) is 1. The summed E-state index contributed by atoms with van der Waals surface area (Å²) in [6, 6.07) is 4.51. The van der Waals surface area contributed by atoms with E-state index in [0.717, 1.165) is 70.3 Å². The van der Waals surface area contributed by atoms with Crippen molar-refractivity contribution in [2.75, 3.05) is 52.5 Å². The second-order valence-electron chi connectivity index (χ2n) is 5.98. The van der Waals surface area contributed by atoms with Gasteiger partial charge in [-0.2, -0.15) is 0 Å². The zero-order valence-corrected chi connectivity index (χ0v) is 18.4. The lowest BCUT2D eigenvalue weighted by Gasteiger charge is -2.26. The summed E-state index contributed by atoms with van der Waals surface area (Å²) < 4.78 is 18.4. The maximum absolute atomic E-state index is 13.1. The van der Waals surface area contributed by atoms with E-state index in [1.807, 2.05) is 6.92 Å². The molecule has 0 amide bonds. The van der Waals surface area contributed by atoms with Crippen molar-refractivity contribution >= 4 is 41.5 Å². The Hall–Kier alpha value is -0.640. The van der Waals surface area contributed by atoms with E-state index in [1.54, 1.807) is 6.07 Å². The van der Waals surface area contributed by atoms with Crippen molar-refractivity contribution < 1.29 is 9.13 Å². The number of nitrogens with one attached hydrogen (secondary N) is 2. The first-order valence-electron chi connectivity index (χ1n) is 8.95. The molecule has 0 atom stereocenters. The lowest BCUT2D eigenvalue weighted by Crippen LogP contribution is -2.39. The monoisotopic (exact) mass is 498 g/mol. The van der Waals surface area contributed by atoms with Crippen molar-refractivity contribution in [3.8, 4) is 0 Å². The summed E-state index contributed by atoms with van der Waals surface area (Å²) in [6.45, 7) is 9.08. The van der Waals surface area contributed by atoms with Gasteiger partial charge in [0.1, 0.15) is 5.82 Å². The summed E-state index contributed by atoms with van der Waals surface area (Å²) in [5.74, 6) is 0.500. The molecular formula is C18H29ClFIN4O. The molecule has 1 aromatic rings. The molecule has 1 aliphatic heterocycles. The molecule has 1 aliphatic rings. The van der Waals surface area contributed by atoms with Gasteiger partial charge in [0.2, 0.25) is 0 Å². The van der Waals surface area contributed by atoms with Crippen molar-refractivity contribution in [1.29, 1.82) is 0 Å². The molecule has 2 N–H and O–H groups in total. The molecule has 8 heteroatoms. The third-order valence-electron chi connectivity index (χ3n) is 4.05. The second kappa shape index (κ2) is 13.5. The van der Waals surface area contributed by atoms with E-state index in [-0.39, 0.29) is 29.8 Å². The van der Waals surface area contributed by atoms with Gasteiger partial charge in [-0.3, -0.25) is 9.89 Å². The molecule has 1 aromatic carbocycles. The van der Waals surface area contributed by atoms with Gasteiger partial charge >= 0.3 is 0 Å². The molecule has 26 heavy (non-hydrogen) atoms. The quantitative estimate of drug-likeness (QED) is 0.250. The summed E-state index contributed by atoms with van der Waals surface area (Å²) in [4.78, 5) is 7.02. The average molecular weight is 499 g/mol. The Morgan fingerprint density at radius 1 is 1.31 bits per heavy atom. The summed E-state index contributed by atoms with van der Waals surface area (Å²) in [5.41, 5.74) is 0.929. The smallest absolute Gasteiger partial charge is 0.191 e. The van der Waals surface area contributed by atoms with Crippen LogP contribution in [0.4, 0.5) is 4.39 Å². The normalized spacial score (nSPS) is 15.4. The maximum Gasteiger partial charge on any atom is 0.191 e. The van der Waals surface area contributed by atoms with E-state index in [0.29, 0.717) is 11.6 Å². The van der Waals surface area contributed by atoms with Crippen LogP contribution in [0.3, 0.4) is 0 Å².